The largest absolute Gasteiger partial charge is 0.348 e. The van der Waals surface area contributed by atoms with Crippen molar-refractivity contribution in [3.8, 4) is 6.07 Å². The highest BCUT2D eigenvalue weighted by Gasteiger charge is 2.28. The minimum absolute atomic E-state index is 0.373. The van der Waals surface area contributed by atoms with Crippen molar-refractivity contribution in [2.75, 3.05) is 11.4 Å². The van der Waals surface area contributed by atoms with Crippen LogP contribution < -0.4 is 4.90 Å². The molecule has 0 aromatic carbocycles. The molecule has 1 saturated heterocycles. The van der Waals surface area contributed by atoms with Crippen LogP contribution in [0.5, 0.6) is 0 Å². The summed E-state index contributed by atoms with van der Waals surface area (Å²) in [5.41, 5.74) is 2.01. The van der Waals surface area contributed by atoms with Crippen molar-refractivity contribution in [2.24, 2.45) is 0 Å². The number of hydrogen-bond donors (Lipinski definition) is 0. The molecule has 3 nitrogen and oxygen atoms in total. The van der Waals surface area contributed by atoms with E-state index in [0.29, 0.717) is 11.6 Å². The smallest absolute Gasteiger partial charge is 0.146 e. The second-order valence-electron chi connectivity index (χ2n) is 4.39. The van der Waals surface area contributed by atoms with E-state index < -0.39 is 0 Å². The number of anilines is 1. The third kappa shape index (κ3) is 1.87. The molecule has 0 unspecified atom stereocenters. The molecule has 1 fully saturated rings. The fraction of sp³-hybridized carbons (Fsp3) is 0.286. The first-order valence-corrected chi connectivity index (χ1v) is 6.98. The van der Waals surface area contributed by atoms with Gasteiger partial charge in [0.2, 0.25) is 0 Å². The van der Waals surface area contributed by atoms with E-state index in [0.717, 1.165) is 25.2 Å². The highest BCUT2D eigenvalue weighted by atomic mass is 32.1. The fourth-order valence-electron chi connectivity index (χ4n) is 2.54. The van der Waals surface area contributed by atoms with Gasteiger partial charge in [0.15, 0.2) is 0 Å². The summed E-state index contributed by atoms with van der Waals surface area (Å²) >= 11 is 1.72. The molecule has 1 aliphatic heterocycles. The topological polar surface area (TPSA) is 39.9 Å². The van der Waals surface area contributed by atoms with Gasteiger partial charge in [0, 0.05) is 12.7 Å². The van der Waals surface area contributed by atoms with Gasteiger partial charge in [0.1, 0.15) is 11.9 Å². The molecule has 0 radical (unpaired) electrons. The summed E-state index contributed by atoms with van der Waals surface area (Å²) in [6.07, 6.45) is 4.05. The Morgan fingerprint density at radius 1 is 1.44 bits per heavy atom. The van der Waals surface area contributed by atoms with Gasteiger partial charge in [-0.2, -0.15) is 16.6 Å². The molecule has 1 aliphatic rings. The quantitative estimate of drug-likeness (QED) is 0.826. The zero-order valence-corrected chi connectivity index (χ0v) is 10.7. The van der Waals surface area contributed by atoms with Gasteiger partial charge >= 0.3 is 0 Å². The maximum Gasteiger partial charge on any atom is 0.146 e. The number of thiophene rings is 1. The van der Waals surface area contributed by atoms with Crippen molar-refractivity contribution in [2.45, 2.75) is 18.9 Å². The van der Waals surface area contributed by atoms with Crippen molar-refractivity contribution in [1.29, 1.82) is 5.26 Å². The van der Waals surface area contributed by atoms with Gasteiger partial charge < -0.3 is 4.90 Å². The average molecular weight is 255 g/mol. The summed E-state index contributed by atoms with van der Waals surface area (Å²) in [5.74, 6) is 0.828. The molecule has 90 valence electrons. The maximum atomic E-state index is 9.18. The number of aromatic nitrogens is 1. The van der Waals surface area contributed by atoms with Crippen LogP contribution >= 0.6 is 11.3 Å². The zero-order valence-electron chi connectivity index (χ0n) is 9.91. The van der Waals surface area contributed by atoms with E-state index in [1.54, 1.807) is 17.5 Å². The Bertz CT molecular complexity index is 571. The maximum absolute atomic E-state index is 9.18. The van der Waals surface area contributed by atoms with E-state index in [-0.39, 0.29) is 0 Å². The van der Waals surface area contributed by atoms with Gasteiger partial charge in [0.05, 0.1) is 11.6 Å². The van der Waals surface area contributed by atoms with Crippen LogP contribution in [0, 0.1) is 11.3 Å². The molecule has 2 aromatic rings. The average Bonchev–Trinajstić information content (AvgIpc) is 3.09. The molecular formula is C14H13N3S. The normalized spacial score (nSPS) is 18.8. The zero-order chi connectivity index (χ0) is 12.4. The molecule has 2 aromatic heterocycles. The predicted octanol–water partition coefficient (Wildman–Crippen LogP) is 3.36. The van der Waals surface area contributed by atoms with Crippen LogP contribution in [-0.4, -0.2) is 11.5 Å². The SMILES string of the molecule is N#Cc1cccnc1N1CCC[C@@H]1c1ccsc1. The van der Waals surface area contributed by atoms with E-state index in [1.165, 1.54) is 5.56 Å². The summed E-state index contributed by atoms with van der Waals surface area (Å²) in [6, 6.07) is 8.44. The first kappa shape index (κ1) is 11.2. The van der Waals surface area contributed by atoms with Crippen molar-refractivity contribution in [3.63, 3.8) is 0 Å². The standard InChI is InChI=1S/C14H13N3S/c15-9-11-3-1-6-16-14(11)17-7-2-4-13(17)12-5-8-18-10-12/h1,3,5-6,8,10,13H,2,4,7H2/t13-/m1/s1. The molecule has 1 atom stereocenters. The Morgan fingerprint density at radius 2 is 2.39 bits per heavy atom. The number of pyridine rings is 1. The Labute approximate surface area is 110 Å². The van der Waals surface area contributed by atoms with Gasteiger partial charge in [0.25, 0.3) is 0 Å². The van der Waals surface area contributed by atoms with E-state index in [2.05, 4.69) is 32.8 Å². The second-order valence-corrected chi connectivity index (χ2v) is 5.17. The van der Waals surface area contributed by atoms with Gasteiger partial charge in [-0.15, -0.1) is 0 Å². The molecule has 0 spiro atoms. The molecule has 0 amide bonds. The summed E-state index contributed by atoms with van der Waals surface area (Å²) in [5, 5.41) is 13.5. The van der Waals surface area contributed by atoms with Gasteiger partial charge in [-0.3, -0.25) is 0 Å². The van der Waals surface area contributed by atoms with E-state index >= 15 is 0 Å². The number of nitrogens with zero attached hydrogens (tertiary/aromatic N) is 3. The van der Waals surface area contributed by atoms with Gasteiger partial charge in [-0.05, 0) is 47.4 Å². The molecule has 3 heterocycles. The van der Waals surface area contributed by atoms with Crippen LogP contribution in [0.4, 0.5) is 5.82 Å². The molecule has 0 aliphatic carbocycles. The molecule has 3 rings (SSSR count). The van der Waals surface area contributed by atoms with Crippen LogP contribution in [0.2, 0.25) is 0 Å². The predicted molar refractivity (Wildman–Crippen MR) is 72.6 cm³/mol. The molecule has 0 bridgehead atoms. The van der Waals surface area contributed by atoms with Crippen LogP contribution in [0.1, 0.15) is 30.0 Å². The Kier molecular flexibility index (Phi) is 2.99. The highest BCUT2D eigenvalue weighted by molar-refractivity contribution is 7.08. The minimum atomic E-state index is 0.373. The lowest BCUT2D eigenvalue weighted by Crippen LogP contribution is -2.24. The Hall–Kier alpha value is -1.86. The van der Waals surface area contributed by atoms with E-state index in [1.807, 2.05) is 12.1 Å². The Balaban J connectivity index is 1.98. The van der Waals surface area contributed by atoms with Gasteiger partial charge in [-0.1, -0.05) is 0 Å². The lowest BCUT2D eigenvalue weighted by atomic mass is 10.1. The molecular weight excluding hydrogens is 242 g/mol. The summed E-state index contributed by atoms with van der Waals surface area (Å²) in [6.45, 7) is 0.978. The lowest BCUT2D eigenvalue weighted by Gasteiger charge is -2.25. The molecule has 0 N–H and O–H groups in total. The van der Waals surface area contributed by atoms with Crippen molar-refractivity contribution < 1.29 is 0 Å². The van der Waals surface area contributed by atoms with E-state index in [9.17, 15) is 5.26 Å². The lowest BCUT2D eigenvalue weighted by molar-refractivity contribution is 0.714. The minimum Gasteiger partial charge on any atom is -0.348 e. The summed E-state index contributed by atoms with van der Waals surface area (Å²) < 4.78 is 0. The monoisotopic (exact) mass is 255 g/mol. The molecule has 4 heteroatoms. The highest BCUT2D eigenvalue weighted by Crippen LogP contribution is 2.37. The second kappa shape index (κ2) is 4.79. The van der Waals surface area contributed by atoms with Crippen LogP contribution in [-0.2, 0) is 0 Å². The third-order valence-corrected chi connectivity index (χ3v) is 4.06. The van der Waals surface area contributed by atoms with Crippen LogP contribution in [0.25, 0.3) is 0 Å². The number of rotatable bonds is 2. The fourth-order valence-corrected chi connectivity index (χ4v) is 3.25. The van der Waals surface area contributed by atoms with Crippen molar-refractivity contribution >= 4 is 17.2 Å². The van der Waals surface area contributed by atoms with Gasteiger partial charge in [-0.25, -0.2) is 4.98 Å². The number of nitriles is 1. The molecule has 0 saturated carbocycles. The summed E-state index contributed by atoms with van der Waals surface area (Å²) in [7, 11) is 0. The van der Waals surface area contributed by atoms with Crippen LogP contribution in [0.3, 0.4) is 0 Å². The third-order valence-electron chi connectivity index (χ3n) is 3.36. The summed E-state index contributed by atoms with van der Waals surface area (Å²) in [4.78, 5) is 6.66. The number of hydrogen-bond acceptors (Lipinski definition) is 4. The first-order chi connectivity index (χ1) is 8.90. The molecule has 18 heavy (non-hydrogen) atoms. The van der Waals surface area contributed by atoms with Crippen molar-refractivity contribution in [3.05, 3.63) is 46.3 Å². The Morgan fingerprint density at radius 3 is 3.17 bits per heavy atom. The first-order valence-electron chi connectivity index (χ1n) is 6.04. The van der Waals surface area contributed by atoms with Crippen molar-refractivity contribution in [1.82, 2.24) is 4.98 Å². The van der Waals surface area contributed by atoms with E-state index in [4.69, 9.17) is 0 Å². The van der Waals surface area contributed by atoms with Crippen LogP contribution in [0.15, 0.2) is 35.2 Å².